The van der Waals surface area contributed by atoms with Gasteiger partial charge in [0.2, 0.25) is 5.91 Å². The minimum atomic E-state index is -0.0923. The minimum Gasteiger partial charge on any atom is -0.360 e. The number of hydrogen-bond acceptors (Lipinski definition) is 5. The van der Waals surface area contributed by atoms with Crippen molar-refractivity contribution in [3.8, 4) is 11.3 Å². The second-order valence-corrected chi connectivity index (χ2v) is 9.94. The third kappa shape index (κ3) is 5.35. The summed E-state index contributed by atoms with van der Waals surface area (Å²) < 4.78 is 5.50. The average molecular weight is 487 g/mol. The molecule has 2 aromatic heterocycles. The van der Waals surface area contributed by atoms with Crippen molar-refractivity contribution >= 4 is 17.5 Å². The van der Waals surface area contributed by atoms with Crippen molar-refractivity contribution in [3.05, 3.63) is 65.7 Å². The molecule has 7 heteroatoms. The van der Waals surface area contributed by atoms with Crippen LogP contribution in [0.25, 0.3) is 11.3 Å². The highest BCUT2D eigenvalue weighted by molar-refractivity contribution is 6.01. The summed E-state index contributed by atoms with van der Waals surface area (Å²) in [6.07, 6.45) is 11.8. The predicted octanol–water partition coefficient (Wildman–Crippen LogP) is 5.78. The van der Waals surface area contributed by atoms with E-state index in [0.29, 0.717) is 30.1 Å². The van der Waals surface area contributed by atoms with E-state index in [4.69, 9.17) is 4.52 Å². The number of nitrogens with zero attached hydrogens (tertiary/aromatic N) is 4. The molecular formula is C29H34N4O3. The molecule has 2 amide bonds. The first-order valence-corrected chi connectivity index (χ1v) is 13.2. The molecule has 2 aliphatic rings. The zero-order chi connectivity index (χ0) is 24.9. The fourth-order valence-electron chi connectivity index (χ4n) is 5.03. The van der Waals surface area contributed by atoms with Gasteiger partial charge < -0.3 is 14.3 Å². The third-order valence-corrected chi connectivity index (χ3v) is 7.21. The molecule has 5 rings (SSSR count). The zero-order valence-corrected chi connectivity index (χ0v) is 21.0. The van der Waals surface area contributed by atoms with E-state index < -0.39 is 0 Å². The average Bonchev–Trinajstić information content (AvgIpc) is 3.68. The smallest absolute Gasteiger partial charge is 0.260 e. The summed E-state index contributed by atoms with van der Waals surface area (Å²) in [5, 5.41) is 4.22. The van der Waals surface area contributed by atoms with Crippen molar-refractivity contribution in [3.63, 3.8) is 0 Å². The van der Waals surface area contributed by atoms with Crippen LogP contribution in [0.15, 0.2) is 53.3 Å². The van der Waals surface area contributed by atoms with Gasteiger partial charge in [-0.25, -0.2) is 0 Å². The first-order chi connectivity index (χ1) is 17.6. The van der Waals surface area contributed by atoms with Crippen LogP contribution in [0, 0.1) is 12.8 Å². The van der Waals surface area contributed by atoms with Gasteiger partial charge in [0, 0.05) is 49.2 Å². The lowest BCUT2D eigenvalue weighted by Gasteiger charge is -2.28. The number of rotatable bonds is 3. The topological polar surface area (TPSA) is 79.5 Å². The molecule has 3 heterocycles. The molecule has 1 aliphatic carbocycles. The Hall–Kier alpha value is -3.48. The van der Waals surface area contributed by atoms with Gasteiger partial charge in [0.05, 0.1) is 0 Å². The molecule has 1 saturated carbocycles. The summed E-state index contributed by atoms with van der Waals surface area (Å²) in [6, 6.07) is 11.7. The van der Waals surface area contributed by atoms with Gasteiger partial charge in [0.25, 0.3) is 5.91 Å². The summed E-state index contributed by atoms with van der Waals surface area (Å²) in [7, 11) is 0. The Morgan fingerprint density at radius 2 is 1.61 bits per heavy atom. The number of benzene rings is 1. The number of fused-ring (bicyclic) bond motifs is 1. The summed E-state index contributed by atoms with van der Waals surface area (Å²) in [5.41, 5.74) is 3.77. The van der Waals surface area contributed by atoms with Gasteiger partial charge in [-0.2, -0.15) is 0 Å². The maximum atomic E-state index is 14.0. The molecule has 0 radical (unpaired) electrons. The fourth-order valence-corrected chi connectivity index (χ4v) is 5.03. The molecule has 1 aromatic carbocycles. The lowest BCUT2D eigenvalue weighted by molar-refractivity contribution is -0.119. The SMILES string of the molecule is Cc1onc(-c2ccncc2)c1C(=O)N1CCCCCCCCN(C(=O)C2CC2)c2ccccc2C1. The van der Waals surface area contributed by atoms with Gasteiger partial charge in [0.15, 0.2) is 0 Å². The summed E-state index contributed by atoms with van der Waals surface area (Å²) in [6.45, 7) is 3.60. The van der Waals surface area contributed by atoms with Crippen LogP contribution in [0.5, 0.6) is 0 Å². The number of carbonyl (C=O) groups excluding carboxylic acids is 2. The van der Waals surface area contributed by atoms with E-state index in [1.54, 1.807) is 19.3 Å². The minimum absolute atomic E-state index is 0.0923. The molecule has 1 aliphatic heterocycles. The first kappa shape index (κ1) is 24.2. The van der Waals surface area contributed by atoms with Gasteiger partial charge in [-0.15, -0.1) is 0 Å². The van der Waals surface area contributed by atoms with E-state index >= 15 is 0 Å². The second-order valence-electron chi connectivity index (χ2n) is 9.94. The number of anilines is 1. The zero-order valence-electron chi connectivity index (χ0n) is 21.0. The van der Waals surface area contributed by atoms with Crippen LogP contribution >= 0.6 is 0 Å². The summed E-state index contributed by atoms with van der Waals surface area (Å²) in [4.78, 5) is 35.3. The highest BCUT2D eigenvalue weighted by Crippen LogP contribution is 2.35. The monoisotopic (exact) mass is 486 g/mol. The Kier molecular flexibility index (Phi) is 7.44. The lowest BCUT2D eigenvalue weighted by atomic mass is 10.0. The van der Waals surface area contributed by atoms with Crippen molar-refractivity contribution in [1.29, 1.82) is 0 Å². The Morgan fingerprint density at radius 1 is 0.917 bits per heavy atom. The van der Waals surface area contributed by atoms with Crippen molar-refractivity contribution in [2.24, 2.45) is 5.92 Å². The van der Waals surface area contributed by atoms with Gasteiger partial charge in [-0.1, -0.05) is 49.0 Å². The molecule has 0 unspecified atom stereocenters. The molecule has 0 bridgehead atoms. The quantitative estimate of drug-likeness (QED) is 0.469. The molecule has 0 saturated heterocycles. The Bertz CT molecular complexity index is 1200. The fraction of sp³-hybridized carbons (Fsp3) is 0.448. The van der Waals surface area contributed by atoms with E-state index in [1.807, 2.05) is 46.2 Å². The van der Waals surface area contributed by atoms with Crippen LogP contribution in [-0.2, 0) is 11.3 Å². The Morgan fingerprint density at radius 3 is 2.36 bits per heavy atom. The molecule has 0 spiro atoms. The van der Waals surface area contributed by atoms with Crippen molar-refractivity contribution in [2.75, 3.05) is 18.0 Å². The van der Waals surface area contributed by atoms with Gasteiger partial charge in [-0.05, 0) is 56.4 Å². The second kappa shape index (κ2) is 11.1. The molecule has 0 N–H and O–H groups in total. The van der Waals surface area contributed by atoms with Crippen LogP contribution in [0.3, 0.4) is 0 Å². The normalized spacial score (nSPS) is 17.5. The Labute approximate surface area is 212 Å². The number of aryl methyl sites for hydroxylation is 1. The third-order valence-electron chi connectivity index (χ3n) is 7.21. The number of amides is 2. The van der Waals surface area contributed by atoms with Crippen LogP contribution in [-0.4, -0.2) is 39.9 Å². The summed E-state index contributed by atoms with van der Waals surface area (Å²) >= 11 is 0. The van der Waals surface area contributed by atoms with Crippen molar-refractivity contribution < 1.29 is 14.1 Å². The molecule has 188 valence electrons. The van der Waals surface area contributed by atoms with E-state index in [1.165, 1.54) is 0 Å². The number of aromatic nitrogens is 2. The molecule has 0 atom stereocenters. The maximum Gasteiger partial charge on any atom is 0.260 e. The van der Waals surface area contributed by atoms with E-state index in [0.717, 1.165) is 74.7 Å². The highest BCUT2D eigenvalue weighted by atomic mass is 16.5. The van der Waals surface area contributed by atoms with Crippen LogP contribution in [0.4, 0.5) is 5.69 Å². The standard InChI is InChI=1S/C29H34N4O3/c1-21-26(27(31-36-21)22-14-16-30-17-15-22)29(35)32-18-8-4-2-3-5-9-19-33(28(34)23-12-13-23)25-11-7-6-10-24(25)20-32/h6-7,10-11,14-17,23H,2-5,8-9,12-13,18-20H2,1H3. The largest absolute Gasteiger partial charge is 0.360 e. The molecule has 1 fully saturated rings. The van der Waals surface area contributed by atoms with Gasteiger partial charge in [0.1, 0.15) is 17.0 Å². The lowest BCUT2D eigenvalue weighted by Crippen LogP contribution is -2.36. The van der Waals surface area contributed by atoms with E-state index in [9.17, 15) is 9.59 Å². The Balaban J connectivity index is 1.50. The predicted molar refractivity (Wildman–Crippen MR) is 138 cm³/mol. The maximum absolute atomic E-state index is 14.0. The molecule has 7 nitrogen and oxygen atoms in total. The summed E-state index contributed by atoms with van der Waals surface area (Å²) in [5.74, 6) is 0.790. The van der Waals surface area contributed by atoms with Crippen LogP contribution < -0.4 is 4.90 Å². The van der Waals surface area contributed by atoms with Crippen LogP contribution in [0.2, 0.25) is 0 Å². The molecular weight excluding hydrogens is 452 g/mol. The first-order valence-electron chi connectivity index (χ1n) is 13.2. The molecule has 3 aromatic rings. The number of para-hydroxylation sites is 1. The van der Waals surface area contributed by atoms with Gasteiger partial charge >= 0.3 is 0 Å². The van der Waals surface area contributed by atoms with Crippen LogP contribution in [0.1, 0.15) is 73.0 Å². The highest BCUT2D eigenvalue weighted by Gasteiger charge is 2.35. The van der Waals surface area contributed by atoms with E-state index in [2.05, 4.69) is 10.1 Å². The number of hydrogen-bond donors (Lipinski definition) is 0. The van der Waals surface area contributed by atoms with Crippen molar-refractivity contribution in [1.82, 2.24) is 15.0 Å². The molecule has 36 heavy (non-hydrogen) atoms. The number of pyridine rings is 1. The van der Waals surface area contributed by atoms with Gasteiger partial charge in [-0.3, -0.25) is 14.6 Å². The van der Waals surface area contributed by atoms with E-state index in [-0.39, 0.29) is 17.7 Å². The van der Waals surface area contributed by atoms with Crippen molar-refractivity contribution in [2.45, 2.75) is 64.8 Å². The number of carbonyl (C=O) groups is 2.